The van der Waals surface area contributed by atoms with Crippen LogP contribution in [0.15, 0.2) is 36.4 Å². The van der Waals surface area contributed by atoms with Gasteiger partial charge in [0.2, 0.25) is 0 Å². The third kappa shape index (κ3) is 3.51. The Bertz CT molecular complexity index is 791. The molecule has 2 aliphatic heterocycles. The molecule has 2 aromatic carbocycles. The van der Waals surface area contributed by atoms with Gasteiger partial charge in [-0.05, 0) is 53.9 Å². The first-order valence-corrected chi connectivity index (χ1v) is 8.64. The van der Waals surface area contributed by atoms with Crippen molar-refractivity contribution in [3.05, 3.63) is 52.5 Å². The van der Waals surface area contributed by atoms with Gasteiger partial charge in [0, 0.05) is 18.1 Å². The summed E-state index contributed by atoms with van der Waals surface area (Å²) in [6.07, 6.45) is 0.804. The number of benzene rings is 2. The molecule has 0 spiro atoms. The van der Waals surface area contributed by atoms with Crippen molar-refractivity contribution in [2.45, 2.75) is 13.0 Å². The molecule has 0 atom stereocenters. The van der Waals surface area contributed by atoms with Gasteiger partial charge in [-0.25, -0.2) is 0 Å². The summed E-state index contributed by atoms with van der Waals surface area (Å²) in [4.78, 5) is 14.3. The average molecular weight is 360 g/mol. The molecule has 0 N–H and O–H groups in total. The molecule has 0 fully saturated rings. The second kappa shape index (κ2) is 6.84. The molecule has 2 heterocycles. The first-order chi connectivity index (χ1) is 12.2. The maximum absolute atomic E-state index is 12.5. The van der Waals surface area contributed by atoms with E-state index in [2.05, 4.69) is 0 Å². The maximum Gasteiger partial charge on any atom is 0.260 e. The van der Waals surface area contributed by atoms with E-state index in [-0.39, 0.29) is 12.5 Å². The van der Waals surface area contributed by atoms with Crippen LogP contribution in [0.5, 0.6) is 17.2 Å². The van der Waals surface area contributed by atoms with Gasteiger partial charge in [-0.15, -0.1) is 0 Å². The van der Waals surface area contributed by atoms with Gasteiger partial charge in [0.1, 0.15) is 19.0 Å². The number of rotatable bonds is 3. The number of hydrogen-bond acceptors (Lipinski definition) is 4. The van der Waals surface area contributed by atoms with E-state index < -0.39 is 0 Å². The third-order valence-electron chi connectivity index (χ3n) is 4.41. The Morgan fingerprint density at radius 1 is 1.08 bits per heavy atom. The van der Waals surface area contributed by atoms with Gasteiger partial charge >= 0.3 is 0 Å². The van der Waals surface area contributed by atoms with E-state index in [0.29, 0.717) is 37.1 Å². The summed E-state index contributed by atoms with van der Waals surface area (Å²) in [5, 5.41) is 0.640. The lowest BCUT2D eigenvalue weighted by Gasteiger charge is -2.30. The first kappa shape index (κ1) is 16.1. The molecule has 0 saturated heterocycles. The van der Waals surface area contributed by atoms with Crippen LogP contribution >= 0.6 is 11.6 Å². The van der Waals surface area contributed by atoms with E-state index in [9.17, 15) is 4.79 Å². The van der Waals surface area contributed by atoms with Crippen LogP contribution in [0.1, 0.15) is 11.1 Å². The number of nitrogens with zero attached hydrogens (tertiary/aromatic N) is 1. The minimum absolute atomic E-state index is 0.0154. The van der Waals surface area contributed by atoms with E-state index in [1.807, 2.05) is 17.0 Å². The van der Waals surface area contributed by atoms with Crippen LogP contribution in [0.3, 0.4) is 0 Å². The van der Waals surface area contributed by atoms with Crippen LogP contribution in [0, 0.1) is 0 Å². The third-order valence-corrected chi connectivity index (χ3v) is 4.66. The molecule has 6 heteroatoms. The van der Waals surface area contributed by atoms with Crippen molar-refractivity contribution in [2.24, 2.45) is 0 Å². The lowest BCUT2D eigenvalue weighted by atomic mass is 9.98. The quantitative estimate of drug-likeness (QED) is 0.845. The Morgan fingerprint density at radius 3 is 2.48 bits per heavy atom. The molecule has 0 bridgehead atoms. The summed E-state index contributed by atoms with van der Waals surface area (Å²) < 4.78 is 16.8. The molecule has 0 radical (unpaired) electrons. The molecule has 130 valence electrons. The zero-order valence-electron chi connectivity index (χ0n) is 13.7. The summed E-state index contributed by atoms with van der Waals surface area (Å²) >= 11 is 5.84. The lowest BCUT2D eigenvalue weighted by Crippen LogP contribution is -2.39. The minimum Gasteiger partial charge on any atom is -0.486 e. The largest absolute Gasteiger partial charge is 0.486 e. The average Bonchev–Trinajstić information content (AvgIpc) is 2.65. The van der Waals surface area contributed by atoms with E-state index in [0.717, 1.165) is 23.5 Å². The number of ether oxygens (including phenoxy) is 3. The normalized spacial score (nSPS) is 15.5. The van der Waals surface area contributed by atoms with Gasteiger partial charge in [0.15, 0.2) is 18.1 Å². The molecule has 2 aliphatic rings. The van der Waals surface area contributed by atoms with Gasteiger partial charge < -0.3 is 19.1 Å². The Hall–Kier alpha value is -2.40. The fraction of sp³-hybridized carbons (Fsp3) is 0.316. The van der Waals surface area contributed by atoms with Crippen molar-refractivity contribution in [3.63, 3.8) is 0 Å². The summed E-state index contributed by atoms with van der Waals surface area (Å²) in [5.74, 6) is 2.16. The molecular weight excluding hydrogens is 342 g/mol. The van der Waals surface area contributed by atoms with Crippen LogP contribution in [-0.2, 0) is 17.8 Å². The molecule has 25 heavy (non-hydrogen) atoms. The lowest BCUT2D eigenvalue weighted by molar-refractivity contribution is -0.134. The van der Waals surface area contributed by atoms with Crippen molar-refractivity contribution in [1.29, 1.82) is 0 Å². The second-order valence-electron chi connectivity index (χ2n) is 6.07. The number of carbonyl (C=O) groups is 1. The fourth-order valence-corrected chi connectivity index (χ4v) is 3.20. The smallest absolute Gasteiger partial charge is 0.260 e. The minimum atomic E-state index is -0.0320. The topological polar surface area (TPSA) is 48.0 Å². The molecule has 2 aromatic rings. The number of amides is 1. The summed E-state index contributed by atoms with van der Waals surface area (Å²) in [6.45, 7) is 2.40. The Labute approximate surface area is 151 Å². The Kier molecular flexibility index (Phi) is 4.40. The highest BCUT2D eigenvalue weighted by molar-refractivity contribution is 6.30. The van der Waals surface area contributed by atoms with E-state index in [4.69, 9.17) is 25.8 Å². The van der Waals surface area contributed by atoms with E-state index >= 15 is 0 Å². The zero-order valence-corrected chi connectivity index (χ0v) is 14.4. The van der Waals surface area contributed by atoms with Crippen LogP contribution < -0.4 is 14.2 Å². The highest BCUT2D eigenvalue weighted by Gasteiger charge is 2.24. The number of hydrogen-bond donors (Lipinski definition) is 0. The molecule has 0 unspecified atom stereocenters. The number of carbonyl (C=O) groups excluding carboxylic acids is 1. The van der Waals surface area contributed by atoms with Gasteiger partial charge in [-0.3, -0.25) is 4.79 Å². The number of fused-ring (bicyclic) bond motifs is 2. The SMILES string of the molecule is O=C(COc1ccc(Cl)cc1)N1CCc2cc3c(cc2C1)OCCO3. The zero-order chi connectivity index (χ0) is 17.2. The van der Waals surface area contributed by atoms with Crippen LogP contribution in [-0.4, -0.2) is 37.2 Å². The summed E-state index contributed by atoms with van der Waals surface area (Å²) in [5.41, 5.74) is 2.32. The van der Waals surface area contributed by atoms with Crippen molar-refractivity contribution in [3.8, 4) is 17.2 Å². The van der Waals surface area contributed by atoms with E-state index in [1.165, 1.54) is 5.56 Å². The predicted molar refractivity (Wildman–Crippen MR) is 93.5 cm³/mol. The Balaban J connectivity index is 1.41. The summed E-state index contributed by atoms with van der Waals surface area (Å²) in [7, 11) is 0. The molecular formula is C19H18ClNO4. The molecule has 4 rings (SSSR count). The first-order valence-electron chi connectivity index (χ1n) is 8.26. The molecule has 1 amide bonds. The highest BCUT2D eigenvalue weighted by Crippen LogP contribution is 2.35. The van der Waals surface area contributed by atoms with Gasteiger partial charge in [-0.1, -0.05) is 11.6 Å². The van der Waals surface area contributed by atoms with Crippen LogP contribution in [0.2, 0.25) is 5.02 Å². The fourth-order valence-electron chi connectivity index (χ4n) is 3.07. The molecule has 0 saturated carbocycles. The standard InChI is InChI=1S/C19H18ClNO4/c20-15-1-3-16(4-2-15)25-12-19(22)21-6-5-13-9-17-18(10-14(13)11-21)24-8-7-23-17/h1-4,9-10H,5-8,11-12H2. The van der Waals surface area contributed by atoms with Crippen molar-refractivity contribution >= 4 is 17.5 Å². The van der Waals surface area contributed by atoms with Gasteiger partial charge in [0.05, 0.1) is 0 Å². The van der Waals surface area contributed by atoms with Crippen molar-refractivity contribution < 1.29 is 19.0 Å². The van der Waals surface area contributed by atoms with Gasteiger partial charge in [0.25, 0.3) is 5.91 Å². The summed E-state index contributed by atoms with van der Waals surface area (Å²) in [6, 6.07) is 11.0. The molecule has 0 aliphatic carbocycles. The van der Waals surface area contributed by atoms with Crippen LogP contribution in [0.25, 0.3) is 0 Å². The van der Waals surface area contributed by atoms with Crippen LogP contribution in [0.4, 0.5) is 0 Å². The molecule has 0 aromatic heterocycles. The monoisotopic (exact) mass is 359 g/mol. The molecule has 5 nitrogen and oxygen atoms in total. The van der Waals surface area contributed by atoms with Crippen molar-refractivity contribution in [2.75, 3.05) is 26.4 Å². The maximum atomic E-state index is 12.5. The van der Waals surface area contributed by atoms with E-state index in [1.54, 1.807) is 24.3 Å². The highest BCUT2D eigenvalue weighted by atomic mass is 35.5. The second-order valence-corrected chi connectivity index (χ2v) is 6.51. The van der Waals surface area contributed by atoms with Crippen molar-refractivity contribution in [1.82, 2.24) is 4.90 Å². The van der Waals surface area contributed by atoms with Gasteiger partial charge in [-0.2, -0.15) is 0 Å². The predicted octanol–water partition coefficient (Wildman–Crippen LogP) is 3.07. The Morgan fingerprint density at radius 2 is 1.76 bits per heavy atom. The number of halogens is 1.